The molecular weight excluding hydrogens is 496 g/mol. The normalized spacial score (nSPS) is 17.1. The van der Waals surface area contributed by atoms with Gasteiger partial charge in [-0.1, -0.05) is 59.3 Å². The first-order valence-corrected chi connectivity index (χ1v) is 11.6. The number of nitrogens with one attached hydrogen (secondary N) is 1. The van der Waals surface area contributed by atoms with Crippen LogP contribution >= 0.6 is 15.9 Å². The molecule has 0 saturated carbocycles. The minimum atomic E-state index is -0.804. The summed E-state index contributed by atoms with van der Waals surface area (Å²) < 4.78 is 0.829. The number of benzene rings is 3. The molecule has 1 atom stereocenters. The second-order valence-electron chi connectivity index (χ2n) is 8.00. The van der Waals surface area contributed by atoms with E-state index in [4.69, 9.17) is 0 Å². The summed E-state index contributed by atoms with van der Waals surface area (Å²) in [5.41, 5.74) is 3.36. The number of hydrogen-bond acceptors (Lipinski definition) is 4. The van der Waals surface area contributed by atoms with Crippen molar-refractivity contribution in [1.82, 2.24) is 0 Å². The average Bonchev–Trinajstić information content (AvgIpc) is 3.10. The monoisotopic (exact) mass is 518 g/mol. The molecule has 6 nitrogen and oxygen atoms in total. The van der Waals surface area contributed by atoms with E-state index < -0.39 is 17.7 Å². The first-order chi connectivity index (χ1) is 16.3. The molecule has 2 N–H and O–H groups in total. The topological polar surface area (TPSA) is 86.7 Å². The Labute approximate surface area is 206 Å². The molecule has 2 amide bonds. The van der Waals surface area contributed by atoms with Gasteiger partial charge in [0.2, 0.25) is 5.91 Å². The van der Waals surface area contributed by atoms with Crippen molar-refractivity contribution in [2.24, 2.45) is 0 Å². The van der Waals surface area contributed by atoms with E-state index in [1.165, 1.54) is 11.8 Å². The summed E-state index contributed by atoms with van der Waals surface area (Å²) in [5.74, 6) is -1.92. The lowest BCUT2D eigenvalue weighted by atomic mass is 9.94. The Morgan fingerprint density at radius 1 is 0.971 bits per heavy atom. The maximum absolute atomic E-state index is 13.2. The second kappa shape index (κ2) is 9.65. The number of anilines is 2. The van der Waals surface area contributed by atoms with E-state index in [2.05, 4.69) is 21.2 Å². The number of amides is 2. The lowest BCUT2D eigenvalue weighted by molar-refractivity contribution is -0.132. The molecule has 0 bridgehead atoms. The zero-order valence-electron chi connectivity index (χ0n) is 18.7. The fourth-order valence-electron chi connectivity index (χ4n) is 4.02. The number of aliphatic hydroxyl groups excluding tert-OH is 1. The predicted octanol–water partition coefficient (Wildman–Crippen LogP) is 5.60. The Hall–Kier alpha value is -3.71. The van der Waals surface area contributed by atoms with E-state index >= 15 is 0 Å². The van der Waals surface area contributed by atoms with Gasteiger partial charge < -0.3 is 10.4 Å². The van der Waals surface area contributed by atoms with Gasteiger partial charge in [-0.3, -0.25) is 19.3 Å². The van der Waals surface area contributed by atoms with Crippen LogP contribution in [-0.4, -0.2) is 22.7 Å². The predicted molar refractivity (Wildman–Crippen MR) is 135 cm³/mol. The summed E-state index contributed by atoms with van der Waals surface area (Å²) in [4.78, 5) is 39.2. The molecule has 1 saturated heterocycles. The van der Waals surface area contributed by atoms with E-state index in [9.17, 15) is 19.5 Å². The molecule has 0 aliphatic carbocycles. The smallest absolute Gasteiger partial charge is 0.300 e. The Morgan fingerprint density at radius 2 is 1.59 bits per heavy atom. The molecule has 3 aromatic rings. The summed E-state index contributed by atoms with van der Waals surface area (Å²) in [6.07, 6.45) is 0.851. The maximum atomic E-state index is 13.2. The number of carbonyl (C=O) groups is 3. The van der Waals surface area contributed by atoms with Crippen LogP contribution in [0, 0.1) is 0 Å². The molecule has 1 unspecified atom stereocenters. The molecule has 172 valence electrons. The molecule has 1 aliphatic rings. The van der Waals surface area contributed by atoms with E-state index in [1.54, 1.807) is 48.5 Å². The van der Waals surface area contributed by atoms with Crippen LogP contribution in [0.3, 0.4) is 0 Å². The molecule has 1 fully saturated rings. The SMILES string of the molecule is CCc1ccc(C2/C(=C(\O)c3ccc(Br)cc3)C(=O)C(=O)N2c2ccc(NC(C)=O)cc2)cc1. The van der Waals surface area contributed by atoms with Gasteiger partial charge in [-0.15, -0.1) is 0 Å². The molecule has 3 aromatic carbocycles. The summed E-state index contributed by atoms with van der Waals surface area (Å²) in [6.45, 7) is 3.46. The highest BCUT2D eigenvalue weighted by Gasteiger charge is 2.46. The molecule has 34 heavy (non-hydrogen) atoms. The van der Waals surface area contributed by atoms with Crippen LogP contribution < -0.4 is 10.2 Å². The van der Waals surface area contributed by atoms with Crippen LogP contribution in [0.15, 0.2) is 82.8 Å². The number of carbonyl (C=O) groups excluding carboxylic acids is 3. The standard InChI is InChI=1S/C27H23BrN2O4/c1-3-17-4-6-18(7-5-17)24-23(25(32)19-8-10-20(28)11-9-19)26(33)27(34)30(24)22-14-12-21(13-15-22)29-16(2)31/h4-15,24,32H,3H2,1-2H3,(H,29,31)/b25-23+. The first-order valence-electron chi connectivity index (χ1n) is 10.8. The van der Waals surface area contributed by atoms with Gasteiger partial charge in [0.25, 0.3) is 11.7 Å². The van der Waals surface area contributed by atoms with Crippen LogP contribution in [0.5, 0.6) is 0 Å². The Kier molecular flexibility index (Phi) is 6.65. The van der Waals surface area contributed by atoms with Crippen molar-refractivity contribution >= 4 is 50.7 Å². The van der Waals surface area contributed by atoms with E-state index in [0.29, 0.717) is 22.5 Å². The fraction of sp³-hybridized carbons (Fsp3) is 0.148. The van der Waals surface area contributed by atoms with Gasteiger partial charge in [-0.2, -0.15) is 0 Å². The van der Waals surface area contributed by atoms with Gasteiger partial charge in [0, 0.05) is 28.3 Å². The van der Waals surface area contributed by atoms with Gasteiger partial charge in [-0.25, -0.2) is 0 Å². The van der Waals surface area contributed by atoms with Gasteiger partial charge in [0.05, 0.1) is 11.6 Å². The lowest BCUT2D eigenvalue weighted by Gasteiger charge is -2.26. The van der Waals surface area contributed by atoms with Crippen molar-refractivity contribution in [1.29, 1.82) is 0 Å². The quantitative estimate of drug-likeness (QED) is 0.261. The van der Waals surface area contributed by atoms with Crippen LogP contribution in [0.2, 0.25) is 0 Å². The number of nitrogens with zero attached hydrogens (tertiary/aromatic N) is 1. The number of Topliss-reactive ketones (excluding diaryl/α,β-unsaturated/α-hetero) is 1. The van der Waals surface area contributed by atoms with E-state index in [1.807, 2.05) is 31.2 Å². The van der Waals surface area contributed by atoms with Crippen molar-refractivity contribution < 1.29 is 19.5 Å². The van der Waals surface area contributed by atoms with Crippen molar-refractivity contribution in [3.63, 3.8) is 0 Å². The van der Waals surface area contributed by atoms with Gasteiger partial charge >= 0.3 is 0 Å². The van der Waals surface area contributed by atoms with Crippen molar-refractivity contribution in [2.45, 2.75) is 26.3 Å². The van der Waals surface area contributed by atoms with Crippen LogP contribution in [0.25, 0.3) is 5.76 Å². The largest absolute Gasteiger partial charge is 0.507 e. The van der Waals surface area contributed by atoms with Gasteiger partial charge in [-0.05, 0) is 53.9 Å². The number of aryl methyl sites for hydroxylation is 1. The highest BCUT2D eigenvalue weighted by molar-refractivity contribution is 9.10. The average molecular weight is 519 g/mol. The lowest BCUT2D eigenvalue weighted by Crippen LogP contribution is -2.29. The number of hydrogen-bond donors (Lipinski definition) is 2. The van der Waals surface area contributed by atoms with E-state index in [-0.39, 0.29) is 17.2 Å². The summed E-state index contributed by atoms with van der Waals surface area (Å²) >= 11 is 3.37. The first kappa shape index (κ1) is 23.4. The molecule has 7 heteroatoms. The van der Waals surface area contributed by atoms with Crippen molar-refractivity contribution in [3.05, 3.63) is 99.5 Å². The number of halogens is 1. The molecule has 0 spiro atoms. The third kappa shape index (κ3) is 4.52. The van der Waals surface area contributed by atoms with Gasteiger partial charge in [0.1, 0.15) is 5.76 Å². The zero-order chi connectivity index (χ0) is 24.4. The number of aliphatic hydroxyl groups is 1. The highest BCUT2D eigenvalue weighted by Crippen LogP contribution is 2.42. The molecular formula is C27H23BrN2O4. The zero-order valence-corrected chi connectivity index (χ0v) is 20.3. The third-order valence-corrected chi connectivity index (χ3v) is 6.26. The summed E-state index contributed by atoms with van der Waals surface area (Å²) in [5, 5.41) is 13.8. The minimum absolute atomic E-state index is 0.0301. The Bertz CT molecular complexity index is 1280. The van der Waals surface area contributed by atoms with E-state index in [0.717, 1.165) is 16.5 Å². The van der Waals surface area contributed by atoms with Crippen LogP contribution in [0.4, 0.5) is 11.4 Å². The minimum Gasteiger partial charge on any atom is -0.507 e. The van der Waals surface area contributed by atoms with Crippen LogP contribution in [-0.2, 0) is 20.8 Å². The van der Waals surface area contributed by atoms with Crippen molar-refractivity contribution in [2.75, 3.05) is 10.2 Å². The second-order valence-corrected chi connectivity index (χ2v) is 8.91. The van der Waals surface area contributed by atoms with Crippen LogP contribution in [0.1, 0.15) is 36.6 Å². The number of ketones is 1. The molecule has 0 aromatic heterocycles. The highest BCUT2D eigenvalue weighted by atomic mass is 79.9. The molecule has 1 heterocycles. The number of rotatable bonds is 5. The molecule has 0 radical (unpaired) electrons. The summed E-state index contributed by atoms with van der Waals surface area (Å²) in [7, 11) is 0. The molecule has 4 rings (SSSR count). The third-order valence-electron chi connectivity index (χ3n) is 5.73. The Morgan fingerprint density at radius 3 is 2.15 bits per heavy atom. The summed E-state index contributed by atoms with van der Waals surface area (Å²) in [6, 6.07) is 20.4. The maximum Gasteiger partial charge on any atom is 0.300 e. The Balaban J connectivity index is 1.86. The fourth-order valence-corrected chi connectivity index (χ4v) is 4.29. The molecule has 1 aliphatic heterocycles. The van der Waals surface area contributed by atoms with Crippen molar-refractivity contribution in [3.8, 4) is 0 Å². The van der Waals surface area contributed by atoms with Gasteiger partial charge in [0.15, 0.2) is 0 Å².